The van der Waals surface area contributed by atoms with Crippen molar-refractivity contribution in [2.24, 2.45) is 5.92 Å². The van der Waals surface area contributed by atoms with Crippen molar-refractivity contribution >= 4 is 6.03 Å². The number of aliphatic hydroxyl groups excluding tert-OH is 1. The molecule has 0 unspecified atom stereocenters. The second kappa shape index (κ2) is 17.0. The maximum Gasteiger partial charge on any atom is 0.315 e. The standard InChI is InChI=1S/C43H52N4O4/c1-31-40(29-47-24-8-13-39(47)28-46-22-5-6-23-46)50-42(51-41(31)36-16-14-33(30-48)15-17-36)37-20-18-35(19-21-37)38-12-7-11-34(25-38)27-45-43(49)44-26-32-9-3-2-4-10-32/h2-4,7,9-12,14-21,25,31,39-42,48H,5-6,8,13,22-24,26-30H2,1H3,(H2,44,45,49)/t31-,39-,40+,41+,42+/m0/s1. The number of amides is 2. The van der Waals surface area contributed by atoms with Gasteiger partial charge in [0.2, 0.25) is 0 Å². The van der Waals surface area contributed by atoms with Crippen LogP contribution in [0.5, 0.6) is 0 Å². The van der Waals surface area contributed by atoms with E-state index in [-0.39, 0.29) is 30.8 Å². The Labute approximate surface area is 302 Å². The zero-order valence-electron chi connectivity index (χ0n) is 29.8. The van der Waals surface area contributed by atoms with E-state index >= 15 is 0 Å². The minimum Gasteiger partial charge on any atom is -0.392 e. The molecule has 0 aromatic heterocycles. The molecule has 0 bridgehead atoms. The van der Waals surface area contributed by atoms with Gasteiger partial charge in [-0.2, -0.15) is 0 Å². The van der Waals surface area contributed by atoms with E-state index < -0.39 is 6.29 Å². The Morgan fingerprint density at radius 2 is 1.43 bits per heavy atom. The van der Waals surface area contributed by atoms with Gasteiger partial charge in [-0.3, -0.25) is 4.90 Å². The normalized spacial score (nSPS) is 24.1. The van der Waals surface area contributed by atoms with E-state index in [4.69, 9.17) is 9.47 Å². The average Bonchev–Trinajstić information content (AvgIpc) is 3.87. The molecule has 8 heteroatoms. The molecule has 3 N–H and O–H groups in total. The Morgan fingerprint density at radius 3 is 2.18 bits per heavy atom. The molecular formula is C43H52N4O4. The number of aliphatic hydroxyl groups is 1. The molecule has 2 amide bonds. The van der Waals surface area contributed by atoms with Gasteiger partial charge in [0.15, 0.2) is 6.29 Å². The number of carbonyl (C=O) groups is 1. The molecule has 268 valence electrons. The number of nitrogens with one attached hydrogen (secondary N) is 2. The zero-order chi connectivity index (χ0) is 35.0. The molecule has 4 aromatic rings. The van der Waals surface area contributed by atoms with Crippen LogP contribution in [0.4, 0.5) is 4.79 Å². The molecule has 51 heavy (non-hydrogen) atoms. The number of rotatable bonds is 12. The lowest BCUT2D eigenvalue weighted by atomic mass is 9.89. The molecule has 0 radical (unpaired) electrons. The molecule has 8 nitrogen and oxygen atoms in total. The van der Waals surface area contributed by atoms with Crippen molar-refractivity contribution in [3.8, 4) is 11.1 Å². The molecule has 0 saturated carbocycles. The van der Waals surface area contributed by atoms with E-state index in [0.717, 1.165) is 58.6 Å². The van der Waals surface area contributed by atoms with Gasteiger partial charge < -0.3 is 30.1 Å². The summed E-state index contributed by atoms with van der Waals surface area (Å²) >= 11 is 0. The number of nitrogens with zero attached hydrogens (tertiary/aromatic N) is 2. The van der Waals surface area contributed by atoms with Gasteiger partial charge in [0.1, 0.15) is 0 Å². The highest BCUT2D eigenvalue weighted by atomic mass is 16.7. The molecule has 0 aliphatic carbocycles. The quantitative estimate of drug-likeness (QED) is 0.146. The number of carbonyl (C=O) groups excluding carboxylic acids is 1. The number of hydrogen-bond acceptors (Lipinski definition) is 6. The van der Waals surface area contributed by atoms with Crippen molar-refractivity contribution in [1.82, 2.24) is 20.4 Å². The van der Waals surface area contributed by atoms with Crippen LogP contribution in [0.3, 0.4) is 0 Å². The third-order valence-electron chi connectivity index (χ3n) is 10.9. The summed E-state index contributed by atoms with van der Waals surface area (Å²) in [6.45, 7) is 8.84. The second-order valence-electron chi connectivity index (χ2n) is 14.5. The molecule has 0 spiro atoms. The molecule has 3 fully saturated rings. The first kappa shape index (κ1) is 35.4. The first-order valence-electron chi connectivity index (χ1n) is 18.7. The van der Waals surface area contributed by atoms with Crippen molar-refractivity contribution in [3.05, 3.63) is 131 Å². The Bertz CT molecular complexity index is 1690. The van der Waals surface area contributed by atoms with Crippen LogP contribution in [0.25, 0.3) is 11.1 Å². The number of benzene rings is 4. The molecule has 3 aliphatic heterocycles. The van der Waals surface area contributed by atoms with Crippen LogP contribution in [0.2, 0.25) is 0 Å². The highest BCUT2D eigenvalue weighted by Gasteiger charge is 2.40. The Morgan fingerprint density at radius 1 is 0.725 bits per heavy atom. The second-order valence-corrected chi connectivity index (χ2v) is 14.5. The van der Waals surface area contributed by atoms with E-state index in [9.17, 15) is 9.90 Å². The van der Waals surface area contributed by atoms with Gasteiger partial charge >= 0.3 is 6.03 Å². The smallest absolute Gasteiger partial charge is 0.315 e. The van der Waals surface area contributed by atoms with Crippen LogP contribution < -0.4 is 10.6 Å². The van der Waals surface area contributed by atoms with E-state index in [0.29, 0.717) is 19.1 Å². The Kier molecular flexibility index (Phi) is 11.8. The minimum absolute atomic E-state index is 0.0131. The number of hydrogen-bond donors (Lipinski definition) is 3. The summed E-state index contributed by atoms with van der Waals surface area (Å²) < 4.78 is 13.6. The highest BCUT2D eigenvalue weighted by molar-refractivity contribution is 5.74. The van der Waals surface area contributed by atoms with Crippen molar-refractivity contribution in [1.29, 1.82) is 0 Å². The van der Waals surface area contributed by atoms with E-state index in [1.165, 1.54) is 38.8 Å². The number of ether oxygens (including phenoxy) is 2. The third-order valence-corrected chi connectivity index (χ3v) is 10.9. The summed E-state index contributed by atoms with van der Waals surface area (Å²) in [6, 6.07) is 35.2. The SMILES string of the molecule is C[C@H]1[C@@H](CN2CCC[C@H]2CN2CCCC2)O[C@@H](c2ccc(-c3cccc(CNC(=O)NCc4ccccc4)c3)cc2)O[C@H]1c1ccc(CO)cc1. The summed E-state index contributed by atoms with van der Waals surface area (Å²) in [4.78, 5) is 17.8. The largest absolute Gasteiger partial charge is 0.392 e. The van der Waals surface area contributed by atoms with Crippen LogP contribution in [-0.4, -0.2) is 65.8 Å². The predicted octanol–water partition coefficient (Wildman–Crippen LogP) is 7.20. The average molecular weight is 689 g/mol. The van der Waals surface area contributed by atoms with Gasteiger partial charge in [0, 0.05) is 43.7 Å². The first-order chi connectivity index (χ1) is 25.0. The zero-order valence-corrected chi connectivity index (χ0v) is 29.8. The molecular weight excluding hydrogens is 636 g/mol. The topological polar surface area (TPSA) is 86.3 Å². The van der Waals surface area contributed by atoms with Gasteiger partial charge in [0.25, 0.3) is 0 Å². The van der Waals surface area contributed by atoms with Gasteiger partial charge in [0.05, 0.1) is 18.8 Å². The number of likely N-dealkylation sites (tertiary alicyclic amines) is 2. The third kappa shape index (κ3) is 9.07. The molecule has 4 aromatic carbocycles. The van der Waals surface area contributed by atoms with E-state index in [1.54, 1.807) is 0 Å². The summed E-state index contributed by atoms with van der Waals surface area (Å²) in [5, 5.41) is 15.6. The fourth-order valence-corrected chi connectivity index (χ4v) is 7.88. The summed E-state index contributed by atoms with van der Waals surface area (Å²) in [6.07, 6.45) is 4.53. The van der Waals surface area contributed by atoms with Gasteiger partial charge in [-0.05, 0) is 84.8 Å². The molecule has 3 aliphatic rings. The van der Waals surface area contributed by atoms with Gasteiger partial charge in [-0.15, -0.1) is 0 Å². The Balaban J connectivity index is 1.03. The maximum absolute atomic E-state index is 12.4. The molecule has 5 atom stereocenters. The fourth-order valence-electron chi connectivity index (χ4n) is 7.88. The molecule has 7 rings (SSSR count). The highest BCUT2D eigenvalue weighted by Crippen LogP contribution is 2.42. The van der Waals surface area contributed by atoms with Crippen molar-refractivity contribution in [2.45, 2.75) is 76.8 Å². The summed E-state index contributed by atoms with van der Waals surface area (Å²) in [7, 11) is 0. The lowest BCUT2D eigenvalue weighted by molar-refractivity contribution is -0.276. The van der Waals surface area contributed by atoms with Gasteiger partial charge in [-0.25, -0.2) is 4.79 Å². The van der Waals surface area contributed by atoms with Crippen LogP contribution in [0.15, 0.2) is 103 Å². The maximum atomic E-state index is 12.4. The molecule has 3 saturated heterocycles. The fraction of sp³-hybridized carbons (Fsp3) is 0.419. The summed E-state index contributed by atoms with van der Waals surface area (Å²) in [5.41, 5.74) is 7.28. The minimum atomic E-state index is -0.493. The lowest BCUT2D eigenvalue weighted by Gasteiger charge is -2.43. The Hall–Kier alpha value is -4.05. The molecule has 3 heterocycles. The van der Waals surface area contributed by atoms with Crippen LogP contribution in [0, 0.1) is 5.92 Å². The van der Waals surface area contributed by atoms with Gasteiger partial charge in [-0.1, -0.05) is 104 Å². The van der Waals surface area contributed by atoms with Crippen LogP contribution in [0.1, 0.15) is 72.8 Å². The van der Waals surface area contributed by atoms with Crippen molar-refractivity contribution in [3.63, 3.8) is 0 Å². The predicted molar refractivity (Wildman–Crippen MR) is 201 cm³/mol. The first-order valence-corrected chi connectivity index (χ1v) is 18.7. The van der Waals surface area contributed by atoms with Crippen LogP contribution >= 0.6 is 0 Å². The monoisotopic (exact) mass is 688 g/mol. The lowest BCUT2D eigenvalue weighted by Crippen LogP contribution is -2.48. The van der Waals surface area contributed by atoms with Crippen molar-refractivity contribution in [2.75, 3.05) is 32.7 Å². The number of urea groups is 1. The van der Waals surface area contributed by atoms with E-state index in [1.807, 2.05) is 54.6 Å². The van der Waals surface area contributed by atoms with Crippen molar-refractivity contribution < 1.29 is 19.4 Å². The summed E-state index contributed by atoms with van der Waals surface area (Å²) in [5.74, 6) is 0.158. The van der Waals surface area contributed by atoms with E-state index in [2.05, 4.69) is 75.9 Å². The van der Waals surface area contributed by atoms with Crippen LogP contribution in [-0.2, 0) is 29.2 Å².